The van der Waals surface area contributed by atoms with Crippen LogP contribution in [0.5, 0.6) is 0 Å². The van der Waals surface area contributed by atoms with E-state index in [1.165, 1.54) is 6.20 Å². The van der Waals surface area contributed by atoms with Crippen molar-refractivity contribution in [3.63, 3.8) is 0 Å². The molecule has 6 nitrogen and oxygen atoms in total. The molecule has 0 bridgehead atoms. The molecule has 0 aliphatic rings. The molecule has 0 saturated heterocycles. The zero-order chi connectivity index (χ0) is 16.9. The summed E-state index contributed by atoms with van der Waals surface area (Å²) < 4.78 is 1.01. The molecule has 0 aliphatic carbocycles. The van der Waals surface area contributed by atoms with Gasteiger partial charge in [0.25, 0.3) is 0 Å². The Balaban J connectivity index is 1.80. The zero-order valence-corrected chi connectivity index (χ0v) is 14.4. The Hall–Kier alpha value is -2.98. The van der Waals surface area contributed by atoms with Crippen LogP contribution in [0, 0.1) is 18.3 Å². The number of nitriles is 1. The Labute approximate surface area is 147 Å². The number of benzene rings is 2. The topological polar surface area (TPSA) is 86.5 Å². The van der Waals surface area contributed by atoms with Crippen molar-refractivity contribution >= 4 is 39.1 Å². The molecule has 0 aliphatic heterocycles. The smallest absolute Gasteiger partial charge is 0.249 e. The van der Waals surface area contributed by atoms with E-state index in [4.69, 9.17) is 5.26 Å². The van der Waals surface area contributed by atoms with Crippen molar-refractivity contribution in [3.8, 4) is 6.07 Å². The molecule has 0 fully saturated rings. The minimum Gasteiger partial charge on any atom is -0.339 e. The largest absolute Gasteiger partial charge is 0.339 e. The first-order valence-electron chi connectivity index (χ1n) is 7.14. The fourth-order valence-electron chi connectivity index (χ4n) is 2.12. The van der Waals surface area contributed by atoms with E-state index in [9.17, 15) is 0 Å². The van der Waals surface area contributed by atoms with E-state index in [0.717, 1.165) is 21.4 Å². The molecule has 7 heteroatoms. The fraction of sp³-hybridized carbons (Fsp3) is 0.0588. The number of hydrogen-bond acceptors (Lipinski definition) is 6. The predicted molar refractivity (Wildman–Crippen MR) is 96.4 cm³/mol. The highest BCUT2D eigenvalue weighted by atomic mass is 79.9. The summed E-state index contributed by atoms with van der Waals surface area (Å²) in [6.07, 6.45) is 1.53. The maximum Gasteiger partial charge on any atom is 0.249 e. The van der Waals surface area contributed by atoms with Crippen LogP contribution in [0.1, 0.15) is 11.1 Å². The monoisotopic (exact) mass is 380 g/mol. The van der Waals surface area contributed by atoms with E-state index in [-0.39, 0.29) is 0 Å². The average Bonchev–Trinajstić information content (AvgIpc) is 2.58. The standard InChI is InChI=1S/C17H13BrN6/c1-11-7-13(18)5-6-15(11)22-17-23-16(10-20-24-17)21-14-4-2-3-12(8-14)9-19/h2-8,10H,1H3,(H2,21,22,23,24). The number of halogens is 1. The first-order valence-corrected chi connectivity index (χ1v) is 7.93. The van der Waals surface area contributed by atoms with E-state index in [2.05, 4.69) is 47.8 Å². The van der Waals surface area contributed by atoms with Crippen LogP contribution in [-0.2, 0) is 0 Å². The van der Waals surface area contributed by atoms with Gasteiger partial charge in [-0.25, -0.2) is 0 Å². The van der Waals surface area contributed by atoms with Crippen molar-refractivity contribution in [1.29, 1.82) is 5.26 Å². The van der Waals surface area contributed by atoms with E-state index >= 15 is 0 Å². The second kappa shape index (κ2) is 7.06. The van der Waals surface area contributed by atoms with Gasteiger partial charge in [0, 0.05) is 15.8 Å². The molecule has 2 aromatic carbocycles. The van der Waals surface area contributed by atoms with Gasteiger partial charge in [0.15, 0.2) is 5.82 Å². The number of aromatic nitrogens is 3. The van der Waals surface area contributed by atoms with Crippen LogP contribution < -0.4 is 10.6 Å². The lowest BCUT2D eigenvalue weighted by molar-refractivity contribution is 0.981. The third-order valence-corrected chi connectivity index (χ3v) is 3.75. The quantitative estimate of drug-likeness (QED) is 0.701. The van der Waals surface area contributed by atoms with E-state index in [0.29, 0.717) is 17.3 Å². The lowest BCUT2D eigenvalue weighted by Gasteiger charge is -2.10. The summed E-state index contributed by atoms with van der Waals surface area (Å²) in [6, 6.07) is 15.1. The Kier molecular flexibility index (Phi) is 4.68. The number of nitrogens with zero attached hydrogens (tertiary/aromatic N) is 4. The minimum atomic E-state index is 0.391. The Morgan fingerprint density at radius 2 is 2.00 bits per heavy atom. The Bertz CT molecular complexity index is 919. The van der Waals surface area contributed by atoms with Gasteiger partial charge in [-0.15, -0.1) is 5.10 Å². The van der Waals surface area contributed by atoms with Crippen LogP contribution in [0.25, 0.3) is 0 Å². The summed E-state index contributed by atoms with van der Waals surface area (Å²) in [5.74, 6) is 0.930. The van der Waals surface area contributed by atoms with Crippen LogP contribution >= 0.6 is 15.9 Å². The number of hydrogen-bond donors (Lipinski definition) is 2. The van der Waals surface area contributed by atoms with Gasteiger partial charge in [-0.2, -0.15) is 15.3 Å². The van der Waals surface area contributed by atoms with Gasteiger partial charge in [-0.3, -0.25) is 0 Å². The molecule has 1 aromatic heterocycles. The van der Waals surface area contributed by atoms with Crippen LogP contribution in [0.3, 0.4) is 0 Å². The summed E-state index contributed by atoms with van der Waals surface area (Å²) >= 11 is 3.44. The number of anilines is 4. The number of rotatable bonds is 4. The van der Waals surface area contributed by atoms with Crippen LogP contribution in [0.15, 0.2) is 53.1 Å². The fourth-order valence-corrected chi connectivity index (χ4v) is 2.59. The lowest BCUT2D eigenvalue weighted by atomic mass is 10.2. The molecular formula is C17H13BrN6. The molecule has 24 heavy (non-hydrogen) atoms. The summed E-state index contributed by atoms with van der Waals surface area (Å²) in [5, 5.41) is 23.2. The molecule has 0 spiro atoms. The maximum absolute atomic E-state index is 8.95. The van der Waals surface area contributed by atoms with Crippen molar-refractivity contribution in [2.24, 2.45) is 0 Å². The summed E-state index contributed by atoms with van der Waals surface area (Å²) in [7, 11) is 0. The molecule has 3 rings (SSSR count). The molecule has 2 N–H and O–H groups in total. The van der Waals surface area contributed by atoms with E-state index in [1.54, 1.807) is 18.2 Å². The zero-order valence-electron chi connectivity index (χ0n) is 12.8. The van der Waals surface area contributed by atoms with E-state index in [1.807, 2.05) is 31.2 Å². The average molecular weight is 381 g/mol. The summed E-state index contributed by atoms with van der Waals surface area (Å²) in [4.78, 5) is 4.39. The first kappa shape index (κ1) is 15.9. The van der Waals surface area contributed by atoms with Gasteiger partial charge >= 0.3 is 0 Å². The minimum absolute atomic E-state index is 0.391. The normalized spacial score (nSPS) is 10.0. The van der Waals surface area contributed by atoms with Crippen molar-refractivity contribution in [2.75, 3.05) is 10.6 Å². The third-order valence-electron chi connectivity index (χ3n) is 3.26. The lowest BCUT2D eigenvalue weighted by Crippen LogP contribution is -2.03. The highest BCUT2D eigenvalue weighted by molar-refractivity contribution is 9.10. The van der Waals surface area contributed by atoms with Gasteiger partial charge in [-0.05, 0) is 48.9 Å². The van der Waals surface area contributed by atoms with Crippen LogP contribution in [-0.4, -0.2) is 15.2 Å². The van der Waals surface area contributed by atoms with Gasteiger partial charge in [0.2, 0.25) is 5.95 Å². The second-order valence-electron chi connectivity index (χ2n) is 5.07. The second-order valence-corrected chi connectivity index (χ2v) is 5.98. The Morgan fingerprint density at radius 3 is 2.79 bits per heavy atom. The molecule has 0 atom stereocenters. The van der Waals surface area contributed by atoms with Gasteiger partial charge < -0.3 is 10.6 Å². The molecule has 0 amide bonds. The van der Waals surface area contributed by atoms with Crippen LogP contribution in [0.2, 0.25) is 0 Å². The van der Waals surface area contributed by atoms with Crippen LogP contribution in [0.4, 0.5) is 23.1 Å². The van der Waals surface area contributed by atoms with Crippen molar-refractivity contribution in [3.05, 3.63) is 64.3 Å². The first-order chi connectivity index (χ1) is 11.6. The van der Waals surface area contributed by atoms with E-state index < -0.39 is 0 Å². The molecule has 118 valence electrons. The van der Waals surface area contributed by atoms with Gasteiger partial charge in [0.05, 0.1) is 17.8 Å². The molecule has 0 unspecified atom stereocenters. The predicted octanol–water partition coefficient (Wildman–Crippen LogP) is 4.30. The number of aryl methyl sites for hydroxylation is 1. The van der Waals surface area contributed by atoms with Crippen molar-refractivity contribution in [1.82, 2.24) is 15.2 Å². The highest BCUT2D eigenvalue weighted by Gasteiger charge is 2.05. The SMILES string of the molecule is Cc1cc(Br)ccc1Nc1nncc(Nc2cccc(C#N)c2)n1. The molecule has 0 saturated carbocycles. The molecule has 0 radical (unpaired) electrons. The summed E-state index contributed by atoms with van der Waals surface area (Å²) in [5.41, 5.74) is 3.31. The maximum atomic E-state index is 8.95. The Morgan fingerprint density at radius 1 is 1.12 bits per heavy atom. The van der Waals surface area contributed by atoms with Gasteiger partial charge in [-0.1, -0.05) is 22.0 Å². The third kappa shape index (κ3) is 3.86. The van der Waals surface area contributed by atoms with Gasteiger partial charge in [0.1, 0.15) is 0 Å². The van der Waals surface area contributed by atoms with Crippen molar-refractivity contribution in [2.45, 2.75) is 6.92 Å². The molecular weight excluding hydrogens is 368 g/mol. The molecule has 3 aromatic rings. The number of nitrogens with one attached hydrogen (secondary N) is 2. The highest BCUT2D eigenvalue weighted by Crippen LogP contribution is 2.23. The summed E-state index contributed by atoms with van der Waals surface area (Å²) in [6.45, 7) is 2.00. The molecule has 1 heterocycles. The van der Waals surface area contributed by atoms with Crippen molar-refractivity contribution < 1.29 is 0 Å².